The summed E-state index contributed by atoms with van der Waals surface area (Å²) in [6.45, 7) is 4.59. The van der Waals surface area contributed by atoms with Crippen molar-refractivity contribution in [3.8, 4) is 0 Å². The van der Waals surface area contributed by atoms with E-state index in [9.17, 15) is 0 Å². The third-order valence-corrected chi connectivity index (χ3v) is 3.10. The summed E-state index contributed by atoms with van der Waals surface area (Å²) in [7, 11) is 0. The van der Waals surface area contributed by atoms with Gasteiger partial charge in [0.05, 0.1) is 6.54 Å². The lowest BCUT2D eigenvalue weighted by molar-refractivity contribution is -0.587. The summed E-state index contributed by atoms with van der Waals surface area (Å²) < 4.78 is 2.40. The first kappa shape index (κ1) is 12.8. The minimum atomic E-state index is 0. The summed E-state index contributed by atoms with van der Waals surface area (Å²) in [5.74, 6) is 0. The number of hydrazine groups is 1. The molecule has 2 aliphatic heterocycles. The van der Waals surface area contributed by atoms with E-state index in [0.29, 0.717) is 0 Å². The molecule has 0 aromatic rings. The minimum absolute atomic E-state index is 0. The predicted molar refractivity (Wildman–Crippen MR) is 59.6 cm³/mol. The fourth-order valence-corrected chi connectivity index (χ4v) is 2.41. The van der Waals surface area contributed by atoms with Gasteiger partial charge in [0.1, 0.15) is 0 Å². The quantitative estimate of drug-likeness (QED) is 0.655. The summed E-state index contributed by atoms with van der Waals surface area (Å²) in [5.41, 5.74) is 6.71. The SMILES string of the molecule is CCCC1=CCC[N+]2=C1CCCCN2.[Br-]. The first-order valence-corrected chi connectivity index (χ1v) is 5.98. The summed E-state index contributed by atoms with van der Waals surface area (Å²) in [5, 5.41) is 0. The van der Waals surface area contributed by atoms with E-state index < -0.39 is 0 Å². The first-order chi connectivity index (χ1) is 6.92. The molecule has 2 rings (SSSR count). The highest BCUT2D eigenvalue weighted by molar-refractivity contribution is 5.96. The third-order valence-electron chi connectivity index (χ3n) is 3.10. The molecule has 15 heavy (non-hydrogen) atoms. The molecule has 0 saturated heterocycles. The van der Waals surface area contributed by atoms with Crippen LogP contribution in [0.5, 0.6) is 0 Å². The van der Waals surface area contributed by atoms with Gasteiger partial charge in [0.2, 0.25) is 5.71 Å². The van der Waals surface area contributed by atoms with E-state index in [0.717, 1.165) is 6.54 Å². The van der Waals surface area contributed by atoms with Crippen molar-refractivity contribution in [2.24, 2.45) is 0 Å². The molecule has 0 fully saturated rings. The van der Waals surface area contributed by atoms with Gasteiger partial charge in [-0.3, -0.25) is 0 Å². The number of nitrogens with one attached hydrogen (secondary N) is 1. The number of rotatable bonds is 2. The maximum absolute atomic E-state index is 3.53. The van der Waals surface area contributed by atoms with Crippen molar-refractivity contribution in [1.82, 2.24) is 5.43 Å². The van der Waals surface area contributed by atoms with Crippen molar-refractivity contribution in [2.45, 2.75) is 45.4 Å². The Bertz CT molecular complexity index is 269. The lowest BCUT2D eigenvalue weighted by Crippen LogP contribution is -3.00. The fraction of sp³-hybridized carbons (Fsp3) is 0.750. The molecule has 0 unspecified atom stereocenters. The van der Waals surface area contributed by atoms with Gasteiger partial charge < -0.3 is 17.0 Å². The monoisotopic (exact) mass is 272 g/mol. The Labute approximate surface area is 103 Å². The molecule has 0 atom stereocenters. The third kappa shape index (κ3) is 3.07. The second-order valence-electron chi connectivity index (χ2n) is 4.23. The van der Waals surface area contributed by atoms with E-state index in [1.165, 1.54) is 45.1 Å². The van der Waals surface area contributed by atoms with E-state index >= 15 is 0 Å². The number of nitrogens with zero attached hydrogens (tertiary/aromatic N) is 1. The van der Waals surface area contributed by atoms with Crippen LogP contribution in [-0.2, 0) is 0 Å². The molecular weight excluding hydrogens is 252 g/mol. The molecule has 2 heterocycles. The Morgan fingerprint density at radius 2 is 2.27 bits per heavy atom. The Kier molecular flexibility index (Phi) is 5.37. The van der Waals surface area contributed by atoms with Crippen LogP contribution in [0.4, 0.5) is 0 Å². The van der Waals surface area contributed by atoms with Gasteiger partial charge in [-0.1, -0.05) is 19.4 Å². The van der Waals surface area contributed by atoms with Crippen LogP contribution in [0, 0.1) is 0 Å². The van der Waals surface area contributed by atoms with Gasteiger partial charge in [0.15, 0.2) is 6.54 Å². The minimum Gasteiger partial charge on any atom is -1.00 e. The highest BCUT2D eigenvalue weighted by Crippen LogP contribution is 2.17. The zero-order valence-electron chi connectivity index (χ0n) is 9.56. The predicted octanol–water partition coefficient (Wildman–Crippen LogP) is -0.737. The Morgan fingerprint density at radius 3 is 3.07 bits per heavy atom. The van der Waals surface area contributed by atoms with Crippen LogP contribution < -0.4 is 22.4 Å². The number of hydrogen-bond donors (Lipinski definition) is 1. The van der Waals surface area contributed by atoms with Crippen molar-refractivity contribution >= 4 is 5.71 Å². The van der Waals surface area contributed by atoms with Gasteiger partial charge in [-0.25, -0.2) is 0 Å². The van der Waals surface area contributed by atoms with Crippen molar-refractivity contribution in [3.05, 3.63) is 11.6 Å². The topological polar surface area (TPSA) is 15.0 Å². The van der Waals surface area contributed by atoms with E-state index in [1.807, 2.05) is 0 Å². The maximum Gasteiger partial charge on any atom is 0.208 e. The summed E-state index contributed by atoms with van der Waals surface area (Å²) in [4.78, 5) is 0. The molecule has 0 saturated carbocycles. The van der Waals surface area contributed by atoms with Gasteiger partial charge >= 0.3 is 0 Å². The average molecular weight is 273 g/mol. The van der Waals surface area contributed by atoms with Crippen LogP contribution in [0.2, 0.25) is 0 Å². The molecule has 2 aliphatic rings. The van der Waals surface area contributed by atoms with Crippen LogP contribution in [0.3, 0.4) is 0 Å². The van der Waals surface area contributed by atoms with Crippen LogP contribution in [0.15, 0.2) is 11.6 Å². The number of halogens is 1. The lowest BCUT2D eigenvalue weighted by Gasteiger charge is -2.13. The molecule has 86 valence electrons. The standard InChI is InChI=1S/C12H21N2.BrH/c1-2-6-11-7-5-10-14-12(11)8-3-4-9-13-14;/h7,13H,2-6,8-10H2,1H3;1H/q+1;/p-1. The van der Waals surface area contributed by atoms with Gasteiger partial charge in [-0.2, -0.15) is 5.43 Å². The van der Waals surface area contributed by atoms with E-state index in [4.69, 9.17) is 0 Å². The van der Waals surface area contributed by atoms with Crippen molar-refractivity contribution in [3.63, 3.8) is 0 Å². The molecule has 2 nitrogen and oxygen atoms in total. The van der Waals surface area contributed by atoms with Crippen molar-refractivity contribution < 1.29 is 21.7 Å². The molecular formula is C12H21BrN2. The Hall–Kier alpha value is -0.310. The molecule has 0 aromatic carbocycles. The molecule has 3 heteroatoms. The second kappa shape index (κ2) is 6.31. The zero-order chi connectivity index (χ0) is 9.80. The molecule has 0 amide bonds. The average Bonchev–Trinajstić information content (AvgIpc) is 2.44. The highest BCUT2D eigenvalue weighted by Gasteiger charge is 2.24. The molecule has 1 N–H and O–H groups in total. The number of hydrogen-bond acceptors (Lipinski definition) is 1. The van der Waals surface area contributed by atoms with E-state index in [1.54, 1.807) is 11.3 Å². The molecule has 0 bridgehead atoms. The highest BCUT2D eigenvalue weighted by atomic mass is 79.9. The van der Waals surface area contributed by atoms with Crippen LogP contribution in [-0.4, -0.2) is 23.5 Å². The summed E-state index contributed by atoms with van der Waals surface area (Å²) >= 11 is 0. The summed E-state index contributed by atoms with van der Waals surface area (Å²) in [6.07, 6.45) is 10.1. The molecule has 0 aromatic heterocycles. The smallest absolute Gasteiger partial charge is 0.208 e. The number of hydrazone groups is 1. The van der Waals surface area contributed by atoms with E-state index in [2.05, 4.69) is 23.1 Å². The van der Waals surface area contributed by atoms with Gasteiger partial charge in [0, 0.05) is 18.4 Å². The summed E-state index contributed by atoms with van der Waals surface area (Å²) in [6, 6.07) is 0. The second-order valence-corrected chi connectivity index (χ2v) is 4.23. The van der Waals surface area contributed by atoms with Crippen LogP contribution in [0.25, 0.3) is 0 Å². The molecule has 0 radical (unpaired) electrons. The van der Waals surface area contributed by atoms with Gasteiger partial charge in [-0.05, 0) is 19.3 Å². The Morgan fingerprint density at radius 1 is 1.40 bits per heavy atom. The maximum atomic E-state index is 3.53. The van der Waals surface area contributed by atoms with Crippen molar-refractivity contribution in [2.75, 3.05) is 13.1 Å². The van der Waals surface area contributed by atoms with E-state index in [-0.39, 0.29) is 17.0 Å². The van der Waals surface area contributed by atoms with Gasteiger partial charge in [0.25, 0.3) is 0 Å². The lowest BCUT2D eigenvalue weighted by atomic mass is 9.97. The van der Waals surface area contributed by atoms with Gasteiger partial charge in [-0.15, -0.1) is 4.68 Å². The van der Waals surface area contributed by atoms with Crippen molar-refractivity contribution in [1.29, 1.82) is 0 Å². The molecule has 0 spiro atoms. The largest absolute Gasteiger partial charge is 1.00 e. The zero-order valence-corrected chi connectivity index (χ0v) is 11.1. The number of allylic oxidation sites excluding steroid dienone is 1. The Balaban J connectivity index is 0.00000112. The van der Waals surface area contributed by atoms with Crippen LogP contribution >= 0.6 is 0 Å². The van der Waals surface area contributed by atoms with Crippen LogP contribution in [0.1, 0.15) is 45.4 Å². The molecule has 0 aliphatic carbocycles. The fourth-order valence-electron chi connectivity index (χ4n) is 2.41. The first-order valence-electron chi connectivity index (χ1n) is 5.98. The normalized spacial score (nSPS) is 20.7.